The minimum Gasteiger partial charge on any atom is -0.497 e. The third kappa shape index (κ3) is 4.76. The summed E-state index contributed by atoms with van der Waals surface area (Å²) in [5.41, 5.74) is 0.510. The number of fused-ring (bicyclic) bond motifs is 1. The van der Waals surface area contributed by atoms with Crippen LogP contribution in [0.3, 0.4) is 0 Å². The Morgan fingerprint density at radius 1 is 0.941 bits per heavy atom. The van der Waals surface area contributed by atoms with Crippen molar-refractivity contribution in [1.29, 1.82) is 0 Å². The topological polar surface area (TPSA) is 102 Å². The summed E-state index contributed by atoms with van der Waals surface area (Å²) in [6.07, 6.45) is 0.755. The number of amides is 1. The molecular formula is C25H26N2O6S. The minimum atomic E-state index is -3.66. The molecule has 1 amide bonds. The first-order valence-corrected chi connectivity index (χ1v) is 12.3. The van der Waals surface area contributed by atoms with Gasteiger partial charge in [-0.15, -0.1) is 0 Å². The fourth-order valence-corrected chi connectivity index (χ4v) is 5.61. The third-order valence-corrected chi connectivity index (χ3v) is 7.97. The zero-order valence-electron chi connectivity index (χ0n) is 19.0. The van der Waals surface area contributed by atoms with Crippen molar-refractivity contribution < 1.29 is 27.5 Å². The van der Waals surface area contributed by atoms with E-state index in [1.165, 1.54) is 24.6 Å². The number of nitrogens with zero attached hydrogens (tertiary/aromatic N) is 1. The second kappa shape index (κ2) is 9.82. The summed E-state index contributed by atoms with van der Waals surface area (Å²) in [4.78, 5) is 25.3. The van der Waals surface area contributed by atoms with Gasteiger partial charge >= 0.3 is 5.97 Å². The van der Waals surface area contributed by atoms with E-state index in [0.29, 0.717) is 24.3 Å². The molecule has 1 saturated heterocycles. The van der Waals surface area contributed by atoms with Crippen molar-refractivity contribution in [3.63, 3.8) is 0 Å². The van der Waals surface area contributed by atoms with E-state index in [9.17, 15) is 18.0 Å². The SMILES string of the molecule is COC(=O)c1cc(OC)ccc1NC(=O)C1CCN(S(=O)(=O)c2ccc3ccccc3c2)CC1. The Morgan fingerprint density at radius 2 is 1.65 bits per heavy atom. The van der Waals surface area contributed by atoms with Gasteiger partial charge in [-0.2, -0.15) is 4.31 Å². The molecule has 0 aliphatic carbocycles. The Labute approximate surface area is 198 Å². The molecule has 8 nitrogen and oxygen atoms in total. The van der Waals surface area contributed by atoms with Crippen LogP contribution in [0.25, 0.3) is 10.8 Å². The molecule has 1 aliphatic rings. The lowest BCUT2D eigenvalue weighted by atomic mass is 9.97. The Hall–Kier alpha value is -3.43. The number of carbonyl (C=O) groups excluding carboxylic acids is 2. The van der Waals surface area contributed by atoms with Crippen LogP contribution >= 0.6 is 0 Å². The number of ether oxygens (including phenoxy) is 2. The second-order valence-corrected chi connectivity index (χ2v) is 10.0. The van der Waals surface area contributed by atoms with Gasteiger partial charge in [0.2, 0.25) is 15.9 Å². The summed E-state index contributed by atoms with van der Waals surface area (Å²) >= 11 is 0. The van der Waals surface area contributed by atoms with Crippen LogP contribution in [-0.4, -0.2) is 51.9 Å². The molecule has 4 rings (SSSR count). The van der Waals surface area contributed by atoms with Crippen molar-refractivity contribution in [3.05, 3.63) is 66.2 Å². The van der Waals surface area contributed by atoms with Crippen molar-refractivity contribution in [2.24, 2.45) is 5.92 Å². The highest BCUT2D eigenvalue weighted by Gasteiger charge is 2.32. The number of benzene rings is 3. The zero-order valence-corrected chi connectivity index (χ0v) is 19.8. The summed E-state index contributed by atoms with van der Waals surface area (Å²) in [6, 6.07) is 17.4. The predicted octanol–water partition coefficient (Wildman–Crippen LogP) is 3.67. The number of sulfonamides is 1. The number of esters is 1. The maximum absolute atomic E-state index is 13.2. The highest BCUT2D eigenvalue weighted by atomic mass is 32.2. The van der Waals surface area contributed by atoms with E-state index in [0.717, 1.165) is 10.8 Å². The lowest BCUT2D eigenvalue weighted by molar-refractivity contribution is -0.120. The Bertz CT molecular complexity index is 1330. The van der Waals surface area contributed by atoms with Crippen LogP contribution < -0.4 is 10.1 Å². The van der Waals surface area contributed by atoms with E-state index < -0.39 is 16.0 Å². The maximum Gasteiger partial charge on any atom is 0.340 e. The van der Waals surface area contributed by atoms with E-state index in [1.54, 1.807) is 30.3 Å². The van der Waals surface area contributed by atoms with Crippen LogP contribution in [0.2, 0.25) is 0 Å². The molecule has 1 aliphatic heterocycles. The van der Waals surface area contributed by atoms with Gasteiger partial charge in [0, 0.05) is 19.0 Å². The summed E-state index contributed by atoms with van der Waals surface area (Å²) < 4.78 is 37.7. The van der Waals surface area contributed by atoms with Gasteiger partial charge < -0.3 is 14.8 Å². The number of carbonyl (C=O) groups is 2. The van der Waals surface area contributed by atoms with Gasteiger partial charge in [-0.3, -0.25) is 4.79 Å². The molecule has 1 heterocycles. The second-order valence-electron chi connectivity index (χ2n) is 8.08. The molecule has 9 heteroatoms. The average molecular weight is 483 g/mol. The minimum absolute atomic E-state index is 0.187. The highest BCUT2D eigenvalue weighted by Crippen LogP contribution is 2.28. The summed E-state index contributed by atoms with van der Waals surface area (Å²) in [6.45, 7) is 0.472. The molecule has 178 valence electrons. The smallest absolute Gasteiger partial charge is 0.340 e. The largest absolute Gasteiger partial charge is 0.497 e. The predicted molar refractivity (Wildman–Crippen MR) is 128 cm³/mol. The number of nitrogens with one attached hydrogen (secondary N) is 1. The number of rotatable bonds is 6. The van der Waals surface area contributed by atoms with Crippen LogP contribution in [0.5, 0.6) is 5.75 Å². The zero-order chi connectivity index (χ0) is 24.3. The van der Waals surface area contributed by atoms with Crippen molar-refractivity contribution in [3.8, 4) is 5.75 Å². The Kier molecular flexibility index (Phi) is 6.85. The van der Waals surface area contributed by atoms with E-state index >= 15 is 0 Å². The number of methoxy groups -OCH3 is 2. The Balaban J connectivity index is 1.44. The monoisotopic (exact) mass is 482 g/mol. The van der Waals surface area contributed by atoms with Gasteiger partial charge in [0.15, 0.2) is 0 Å². The van der Waals surface area contributed by atoms with E-state index in [2.05, 4.69) is 5.32 Å². The highest BCUT2D eigenvalue weighted by molar-refractivity contribution is 7.89. The standard InChI is InChI=1S/C25H26N2O6S/c1-32-20-8-10-23(22(16-20)25(29)33-2)26-24(28)18-11-13-27(14-12-18)34(30,31)21-9-7-17-5-3-4-6-19(17)15-21/h3-10,15-16,18H,11-14H2,1-2H3,(H,26,28). The van der Waals surface area contributed by atoms with Gasteiger partial charge in [0.05, 0.1) is 30.4 Å². The van der Waals surface area contributed by atoms with Gasteiger partial charge in [0.25, 0.3) is 0 Å². The molecule has 3 aromatic carbocycles. The number of hydrogen-bond acceptors (Lipinski definition) is 6. The molecule has 0 radical (unpaired) electrons. The molecule has 0 bridgehead atoms. The lowest BCUT2D eigenvalue weighted by Gasteiger charge is -2.30. The summed E-state index contributed by atoms with van der Waals surface area (Å²) in [7, 11) is -0.920. The molecule has 0 atom stereocenters. The van der Waals surface area contributed by atoms with Crippen LogP contribution in [0.4, 0.5) is 5.69 Å². The Morgan fingerprint density at radius 3 is 2.32 bits per heavy atom. The maximum atomic E-state index is 13.2. The molecule has 0 saturated carbocycles. The van der Waals surface area contributed by atoms with E-state index in [4.69, 9.17) is 9.47 Å². The van der Waals surface area contributed by atoms with E-state index in [1.807, 2.05) is 24.3 Å². The molecule has 3 aromatic rings. The molecule has 34 heavy (non-hydrogen) atoms. The first kappa shape index (κ1) is 23.7. The van der Waals surface area contributed by atoms with E-state index in [-0.39, 0.29) is 35.4 Å². The molecule has 1 N–H and O–H groups in total. The van der Waals surface area contributed by atoms with Gasteiger partial charge in [-0.1, -0.05) is 30.3 Å². The van der Waals surface area contributed by atoms with Gasteiger partial charge in [-0.05, 0) is 53.9 Å². The van der Waals surface area contributed by atoms with Crippen molar-refractivity contribution in [2.75, 3.05) is 32.6 Å². The summed E-state index contributed by atoms with van der Waals surface area (Å²) in [5, 5.41) is 4.62. The quantitative estimate of drug-likeness (QED) is 0.538. The molecule has 0 aromatic heterocycles. The average Bonchev–Trinajstić information content (AvgIpc) is 2.88. The molecule has 1 fully saturated rings. The van der Waals surface area contributed by atoms with Crippen molar-refractivity contribution in [2.45, 2.75) is 17.7 Å². The van der Waals surface area contributed by atoms with Crippen LogP contribution in [0.15, 0.2) is 65.6 Å². The fraction of sp³-hybridized carbons (Fsp3) is 0.280. The normalized spacial score (nSPS) is 15.1. The van der Waals surface area contributed by atoms with Crippen molar-refractivity contribution >= 4 is 38.4 Å². The number of piperidine rings is 1. The first-order chi connectivity index (χ1) is 16.3. The molecular weight excluding hydrogens is 456 g/mol. The first-order valence-electron chi connectivity index (χ1n) is 10.9. The van der Waals surface area contributed by atoms with Crippen LogP contribution in [0, 0.1) is 5.92 Å². The number of hydrogen-bond donors (Lipinski definition) is 1. The fourth-order valence-electron chi connectivity index (χ4n) is 4.11. The van der Waals surface area contributed by atoms with Crippen molar-refractivity contribution in [1.82, 2.24) is 4.31 Å². The third-order valence-electron chi connectivity index (χ3n) is 6.07. The number of anilines is 1. The summed E-state index contributed by atoms with van der Waals surface area (Å²) in [5.74, 6) is -0.773. The van der Waals surface area contributed by atoms with Gasteiger partial charge in [-0.25, -0.2) is 13.2 Å². The van der Waals surface area contributed by atoms with Gasteiger partial charge in [0.1, 0.15) is 5.75 Å². The molecule has 0 spiro atoms. The molecule has 0 unspecified atom stereocenters. The van der Waals surface area contributed by atoms with Crippen LogP contribution in [0.1, 0.15) is 23.2 Å². The van der Waals surface area contributed by atoms with Crippen LogP contribution in [-0.2, 0) is 19.6 Å². The lowest BCUT2D eigenvalue weighted by Crippen LogP contribution is -2.41.